The zero-order chi connectivity index (χ0) is 24.3. The number of benzene rings is 1. The lowest BCUT2D eigenvalue weighted by Gasteiger charge is -2.27. The second kappa shape index (κ2) is 10.0. The van der Waals surface area contributed by atoms with Crippen molar-refractivity contribution in [1.29, 1.82) is 0 Å². The Morgan fingerprint density at radius 3 is 2.50 bits per heavy atom. The van der Waals surface area contributed by atoms with Gasteiger partial charge in [0.2, 0.25) is 5.91 Å². The van der Waals surface area contributed by atoms with Gasteiger partial charge in [-0.1, -0.05) is 11.6 Å². The van der Waals surface area contributed by atoms with Crippen LogP contribution in [0.5, 0.6) is 0 Å². The molecule has 0 spiro atoms. The van der Waals surface area contributed by atoms with E-state index in [1.54, 1.807) is 18.2 Å². The lowest BCUT2D eigenvalue weighted by molar-refractivity contribution is -0.137. The Bertz CT molecular complexity index is 1170. The summed E-state index contributed by atoms with van der Waals surface area (Å²) in [5.41, 5.74) is -0.248. The molecule has 3 aromatic rings. The summed E-state index contributed by atoms with van der Waals surface area (Å²) < 4.78 is 43.6. The number of carbonyl (C=O) groups excluding carboxylic acids is 2. The monoisotopic (exact) mass is 493 g/mol. The number of nitrogens with zero attached hydrogens (tertiary/aromatic N) is 1. The molecule has 10 heteroatoms. The number of fused-ring (bicyclic) bond motifs is 1. The molecule has 1 saturated carbocycles. The van der Waals surface area contributed by atoms with Crippen LogP contribution in [0.1, 0.15) is 47.5 Å². The molecule has 0 unspecified atom stereocenters. The molecule has 34 heavy (non-hydrogen) atoms. The topological polar surface area (TPSA) is 84.2 Å². The van der Waals surface area contributed by atoms with Crippen LogP contribution in [-0.2, 0) is 17.5 Å². The predicted octanol–water partition coefficient (Wildman–Crippen LogP) is 5.35. The number of alkyl halides is 3. The summed E-state index contributed by atoms with van der Waals surface area (Å²) in [5.74, 6) is 0.194. The van der Waals surface area contributed by atoms with Crippen LogP contribution in [0.2, 0.25) is 5.02 Å². The van der Waals surface area contributed by atoms with Crippen molar-refractivity contribution in [2.24, 2.45) is 11.8 Å². The molecule has 0 aliphatic heterocycles. The van der Waals surface area contributed by atoms with E-state index >= 15 is 0 Å². The number of nitrogens with one attached hydrogen (secondary N) is 2. The van der Waals surface area contributed by atoms with Gasteiger partial charge < -0.3 is 15.1 Å². The molecule has 4 rings (SSSR count). The average molecular weight is 494 g/mol. The zero-order valence-electron chi connectivity index (χ0n) is 18.1. The van der Waals surface area contributed by atoms with Crippen LogP contribution in [-0.4, -0.2) is 23.3 Å². The van der Waals surface area contributed by atoms with E-state index in [1.807, 2.05) is 6.07 Å². The number of furan rings is 1. The van der Waals surface area contributed by atoms with Crippen LogP contribution in [0.4, 0.5) is 13.2 Å². The number of rotatable bonds is 6. The van der Waals surface area contributed by atoms with E-state index in [0.29, 0.717) is 48.5 Å². The van der Waals surface area contributed by atoms with Crippen LogP contribution < -0.4 is 10.6 Å². The van der Waals surface area contributed by atoms with Gasteiger partial charge in [-0.15, -0.1) is 0 Å². The van der Waals surface area contributed by atoms with Crippen molar-refractivity contribution in [1.82, 2.24) is 15.6 Å². The molecule has 0 atom stereocenters. The Balaban J connectivity index is 1.19. The molecule has 2 amide bonds. The van der Waals surface area contributed by atoms with Crippen LogP contribution in [0.15, 0.2) is 47.0 Å². The molecule has 0 bridgehead atoms. The number of hydrogen-bond acceptors (Lipinski definition) is 4. The summed E-state index contributed by atoms with van der Waals surface area (Å²) in [7, 11) is 0. The fourth-order valence-corrected chi connectivity index (χ4v) is 4.31. The number of carbonyl (C=O) groups is 2. The van der Waals surface area contributed by atoms with Crippen molar-refractivity contribution in [2.45, 2.75) is 38.4 Å². The van der Waals surface area contributed by atoms with E-state index in [4.69, 9.17) is 16.0 Å². The summed E-state index contributed by atoms with van der Waals surface area (Å²) in [6, 6.07) is 9.10. The fraction of sp³-hybridized carbons (Fsp3) is 0.375. The van der Waals surface area contributed by atoms with Gasteiger partial charge in [-0.05, 0) is 68.0 Å². The van der Waals surface area contributed by atoms with E-state index in [-0.39, 0.29) is 23.4 Å². The Hall–Kier alpha value is -3.07. The maximum atomic E-state index is 12.6. The number of halogens is 4. The van der Waals surface area contributed by atoms with Gasteiger partial charge >= 0.3 is 6.18 Å². The average Bonchev–Trinajstić information content (AvgIpc) is 3.23. The van der Waals surface area contributed by atoms with Gasteiger partial charge in [-0.25, -0.2) is 0 Å². The minimum Gasteiger partial charge on any atom is -0.459 e. The number of pyridine rings is 1. The van der Waals surface area contributed by atoms with Crippen LogP contribution >= 0.6 is 11.6 Å². The Labute approximate surface area is 198 Å². The highest BCUT2D eigenvalue weighted by Gasteiger charge is 2.31. The molecule has 2 aromatic heterocycles. The lowest BCUT2D eigenvalue weighted by Crippen LogP contribution is -2.36. The SMILES string of the molecule is O=C(NC[C@H]1CC[C@H](C(=O)NCc2cc3cc(Cl)ccc3o2)CC1)c1ccc(C(F)(F)F)cn1. The summed E-state index contributed by atoms with van der Waals surface area (Å²) in [6.07, 6.45) is -0.919. The van der Waals surface area contributed by atoms with Crippen LogP contribution in [0.25, 0.3) is 11.0 Å². The molecule has 0 radical (unpaired) electrons. The molecule has 1 aliphatic rings. The number of amides is 2. The van der Waals surface area contributed by atoms with Crippen molar-refractivity contribution in [2.75, 3.05) is 6.54 Å². The maximum Gasteiger partial charge on any atom is 0.417 e. The van der Waals surface area contributed by atoms with Gasteiger partial charge in [0.05, 0.1) is 12.1 Å². The number of hydrogen-bond donors (Lipinski definition) is 2. The van der Waals surface area contributed by atoms with Gasteiger partial charge in [0.25, 0.3) is 5.91 Å². The minimum absolute atomic E-state index is 0.0325. The molecule has 2 heterocycles. The van der Waals surface area contributed by atoms with Gasteiger partial charge in [0.15, 0.2) is 0 Å². The van der Waals surface area contributed by atoms with Gasteiger partial charge in [0, 0.05) is 29.1 Å². The van der Waals surface area contributed by atoms with E-state index in [0.717, 1.165) is 30.4 Å². The third-order valence-electron chi connectivity index (χ3n) is 6.06. The maximum absolute atomic E-state index is 12.6. The molecular formula is C24H23ClF3N3O3. The minimum atomic E-state index is -4.49. The highest BCUT2D eigenvalue weighted by atomic mass is 35.5. The molecule has 2 N–H and O–H groups in total. The standard InChI is InChI=1S/C24H23ClF3N3O3/c25-18-6-8-21-16(9-18)10-19(34-21)13-31-22(32)15-3-1-14(2-4-15)11-30-23(33)20-7-5-17(12-29-20)24(26,27)28/h5-10,12,14-15H,1-4,11,13H2,(H,30,33)(H,31,32)/t14-,15-. The summed E-state index contributed by atoms with van der Waals surface area (Å²) >= 11 is 5.99. The normalized spacial score (nSPS) is 18.6. The Kier molecular flexibility index (Phi) is 7.11. The third kappa shape index (κ3) is 5.88. The van der Waals surface area contributed by atoms with E-state index in [9.17, 15) is 22.8 Å². The van der Waals surface area contributed by atoms with E-state index < -0.39 is 17.6 Å². The van der Waals surface area contributed by atoms with E-state index in [2.05, 4.69) is 15.6 Å². The fourth-order valence-electron chi connectivity index (χ4n) is 4.13. The van der Waals surface area contributed by atoms with Crippen molar-refractivity contribution in [3.8, 4) is 0 Å². The molecule has 6 nitrogen and oxygen atoms in total. The van der Waals surface area contributed by atoms with Crippen LogP contribution in [0.3, 0.4) is 0 Å². The van der Waals surface area contributed by atoms with Crippen molar-refractivity contribution in [3.63, 3.8) is 0 Å². The molecule has 1 fully saturated rings. The summed E-state index contributed by atoms with van der Waals surface area (Å²) in [5, 5.41) is 7.15. The first-order valence-corrected chi connectivity index (χ1v) is 11.3. The van der Waals surface area contributed by atoms with Gasteiger partial charge in [0.1, 0.15) is 17.0 Å². The molecule has 180 valence electrons. The van der Waals surface area contributed by atoms with Crippen LogP contribution in [0, 0.1) is 11.8 Å². The highest BCUT2D eigenvalue weighted by molar-refractivity contribution is 6.31. The second-order valence-electron chi connectivity index (χ2n) is 8.47. The molecule has 1 aromatic carbocycles. The molecular weight excluding hydrogens is 471 g/mol. The smallest absolute Gasteiger partial charge is 0.417 e. The second-order valence-corrected chi connectivity index (χ2v) is 8.91. The molecule has 0 saturated heterocycles. The zero-order valence-corrected chi connectivity index (χ0v) is 18.9. The lowest BCUT2D eigenvalue weighted by atomic mass is 9.81. The first-order valence-electron chi connectivity index (χ1n) is 11.0. The van der Waals surface area contributed by atoms with Gasteiger partial charge in [-0.2, -0.15) is 13.2 Å². The molecule has 1 aliphatic carbocycles. The quantitative estimate of drug-likeness (QED) is 0.484. The highest BCUT2D eigenvalue weighted by Crippen LogP contribution is 2.30. The van der Waals surface area contributed by atoms with Crippen molar-refractivity contribution in [3.05, 3.63) is 64.6 Å². The third-order valence-corrected chi connectivity index (χ3v) is 6.29. The predicted molar refractivity (Wildman–Crippen MR) is 120 cm³/mol. The Morgan fingerprint density at radius 1 is 1.06 bits per heavy atom. The number of aromatic nitrogens is 1. The van der Waals surface area contributed by atoms with E-state index in [1.165, 1.54) is 0 Å². The van der Waals surface area contributed by atoms with Crippen molar-refractivity contribution >= 4 is 34.4 Å². The first kappa shape index (κ1) is 24.1. The largest absolute Gasteiger partial charge is 0.459 e. The van der Waals surface area contributed by atoms with Gasteiger partial charge in [-0.3, -0.25) is 14.6 Å². The summed E-state index contributed by atoms with van der Waals surface area (Å²) in [6.45, 7) is 0.679. The van der Waals surface area contributed by atoms with Crippen molar-refractivity contribution < 1.29 is 27.2 Å². The first-order chi connectivity index (χ1) is 16.2. The Morgan fingerprint density at radius 2 is 1.82 bits per heavy atom. The summed E-state index contributed by atoms with van der Waals surface area (Å²) in [4.78, 5) is 28.4.